The molecule has 2 heteroatoms. The summed E-state index contributed by atoms with van der Waals surface area (Å²) < 4.78 is 0. The van der Waals surface area contributed by atoms with Crippen molar-refractivity contribution < 1.29 is 0 Å². The lowest BCUT2D eigenvalue weighted by molar-refractivity contribution is 0.151. The Labute approximate surface area is 75.3 Å². The zero-order chi connectivity index (χ0) is 8.39. The molecule has 2 saturated heterocycles. The molecule has 12 heavy (non-hydrogen) atoms. The van der Waals surface area contributed by atoms with Crippen molar-refractivity contribution in [2.75, 3.05) is 20.1 Å². The highest BCUT2D eigenvalue weighted by Gasteiger charge is 2.29. The first-order valence-corrected chi connectivity index (χ1v) is 5.25. The van der Waals surface area contributed by atoms with Gasteiger partial charge in [0.15, 0.2) is 0 Å². The molecule has 2 rings (SSSR count). The fourth-order valence-electron chi connectivity index (χ4n) is 2.55. The van der Waals surface area contributed by atoms with Gasteiger partial charge >= 0.3 is 0 Å². The molecule has 0 aliphatic carbocycles. The van der Waals surface area contributed by atoms with Crippen LogP contribution in [0.3, 0.4) is 0 Å². The van der Waals surface area contributed by atoms with Crippen LogP contribution in [-0.4, -0.2) is 37.1 Å². The van der Waals surface area contributed by atoms with E-state index in [1.165, 1.54) is 38.6 Å². The highest BCUT2D eigenvalue weighted by molar-refractivity contribution is 4.88. The van der Waals surface area contributed by atoms with Gasteiger partial charge < -0.3 is 4.90 Å². The molecule has 2 heterocycles. The van der Waals surface area contributed by atoms with Gasteiger partial charge in [-0.1, -0.05) is 6.42 Å². The van der Waals surface area contributed by atoms with Gasteiger partial charge in [0.25, 0.3) is 0 Å². The summed E-state index contributed by atoms with van der Waals surface area (Å²) >= 11 is 0. The Morgan fingerprint density at radius 1 is 1.17 bits per heavy atom. The molecule has 2 aliphatic heterocycles. The first-order valence-electron chi connectivity index (χ1n) is 5.25. The molecule has 0 N–H and O–H groups in total. The molecule has 2 fully saturated rings. The van der Waals surface area contributed by atoms with E-state index < -0.39 is 0 Å². The molecule has 2 atom stereocenters. The van der Waals surface area contributed by atoms with Gasteiger partial charge in [-0.3, -0.25) is 0 Å². The van der Waals surface area contributed by atoms with E-state index in [1.807, 2.05) is 0 Å². The van der Waals surface area contributed by atoms with Crippen molar-refractivity contribution in [2.24, 2.45) is 0 Å². The summed E-state index contributed by atoms with van der Waals surface area (Å²) in [4.78, 5) is 2.52. The number of likely N-dealkylation sites (N-methyl/N-ethyl adjacent to an activating group) is 1. The topological polar surface area (TPSA) is 17.3 Å². The van der Waals surface area contributed by atoms with Crippen LogP contribution >= 0.6 is 0 Å². The van der Waals surface area contributed by atoms with Crippen LogP contribution in [0.2, 0.25) is 0 Å². The normalized spacial score (nSPS) is 38.8. The second-order valence-corrected chi connectivity index (χ2v) is 4.16. The Morgan fingerprint density at radius 3 is 2.75 bits per heavy atom. The van der Waals surface area contributed by atoms with Gasteiger partial charge in [-0.25, -0.2) is 5.32 Å². The summed E-state index contributed by atoms with van der Waals surface area (Å²) in [7, 11) is 2.26. The fraction of sp³-hybridized carbons (Fsp3) is 1.00. The lowest BCUT2D eigenvalue weighted by atomic mass is 9.95. The highest BCUT2D eigenvalue weighted by atomic mass is 15.2. The molecule has 2 unspecified atom stereocenters. The summed E-state index contributed by atoms with van der Waals surface area (Å²) in [6.07, 6.45) is 6.86. The van der Waals surface area contributed by atoms with E-state index >= 15 is 0 Å². The molecule has 2 nitrogen and oxygen atoms in total. The maximum absolute atomic E-state index is 4.67. The lowest BCUT2D eigenvalue weighted by Gasteiger charge is -2.35. The van der Waals surface area contributed by atoms with Crippen LogP contribution in [0.5, 0.6) is 0 Å². The standard InChI is InChI=1S/C10H19N2/c1-12-8-3-2-6-10(12)9-5-4-7-11-9/h9-10H,2-8H2,1H3. The first-order chi connectivity index (χ1) is 5.88. The summed E-state index contributed by atoms with van der Waals surface area (Å²) in [5.41, 5.74) is 0. The molecule has 0 saturated carbocycles. The number of piperidine rings is 1. The molecule has 0 aromatic carbocycles. The molecule has 0 aromatic rings. The van der Waals surface area contributed by atoms with Gasteiger partial charge in [0.05, 0.1) is 0 Å². The van der Waals surface area contributed by atoms with Crippen LogP contribution in [0.25, 0.3) is 0 Å². The SMILES string of the molecule is CN1CCCCC1C1CCC[N]1. The Balaban J connectivity index is 1.91. The Bertz CT molecular complexity index is 141. The smallest absolute Gasteiger partial charge is 0.0402 e. The molecule has 0 bridgehead atoms. The van der Waals surface area contributed by atoms with Crippen LogP contribution in [0, 0.1) is 0 Å². The lowest BCUT2D eigenvalue weighted by Crippen LogP contribution is -2.46. The van der Waals surface area contributed by atoms with E-state index in [2.05, 4.69) is 17.3 Å². The third kappa shape index (κ3) is 1.64. The maximum Gasteiger partial charge on any atom is 0.0402 e. The fourth-order valence-corrected chi connectivity index (χ4v) is 2.55. The minimum atomic E-state index is 0.676. The average molecular weight is 167 g/mol. The second kappa shape index (κ2) is 3.75. The molecular weight excluding hydrogens is 148 g/mol. The predicted octanol–water partition coefficient (Wildman–Crippen LogP) is 1.24. The van der Waals surface area contributed by atoms with E-state index in [4.69, 9.17) is 0 Å². The first kappa shape index (κ1) is 8.52. The van der Waals surface area contributed by atoms with Crippen molar-refractivity contribution in [3.8, 4) is 0 Å². The quantitative estimate of drug-likeness (QED) is 0.574. The van der Waals surface area contributed by atoms with E-state index in [0.29, 0.717) is 6.04 Å². The number of nitrogens with zero attached hydrogens (tertiary/aromatic N) is 2. The van der Waals surface area contributed by atoms with E-state index in [-0.39, 0.29) is 0 Å². The minimum absolute atomic E-state index is 0.676. The van der Waals surface area contributed by atoms with Crippen LogP contribution in [0.1, 0.15) is 32.1 Å². The molecule has 0 aromatic heterocycles. The van der Waals surface area contributed by atoms with E-state index in [0.717, 1.165) is 12.6 Å². The molecular formula is C10H19N2. The third-order valence-electron chi connectivity index (χ3n) is 3.29. The molecule has 1 radical (unpaired) electrons. The van der Waals surface area contributed by atoms with Crippen LogP contribution in [0.15, 0.2) is 0 Å². The van der Waals surface area contributed by atoms with Crippen molar-refractivity contribution in [3.05, 3.63) is 0 Å². The number of rotatable bonds is 1. The average Bonchev–Trinajstić information content (AvgIpc) is 2.57. The Kier molecular flexibility index (Phi) is 2.66. The van der Waals surface area contributed by atoms with Gasteiger partial charge in [-0.15, -0.1) is 0 Å². The predicted molar refractivity (Wildman–Crippen MR) is 50.3 cm³/mol. The molecule has 0 amide bonds. The van der Waals surface area contributed by atoms with Crippen LogP contribution in [0.4, 0.5) is 0 Å². The van der Waals surface area contributed by atoms with Crippen molar-refractivity contribution in [2.45, 2.75) is 44.2 Å². The van der Waals surface area contributed by atoms with Gasteiger partial charge in [0.2, 0.25) is 0 Å². The number of hydrogen-bond acceptors (Lipinski definition) is 1. The molecule has 2 aliphatic rings. The monoisotopic (exact) mass is 167 g/mol. The Hall–Kier alpha value is -0.0800. The van der Waals surface area contributed by atoms with Crippen LogP contribution < -0.4 is 5.32 Å². The van der Waals surface area contributed by atoms with E-state index in [1.54, 1.807) is 0 Å². The molecule has 0 spiro atoms. The number of likely N-dealkylation sites (tertiary alicyclic amines) is 1. The Morgan fingerprint density at radius 2 is 2.08 bits per heavy atom. The van der Waals surface area contributed by atoms with Crippen molar-refractivity contribution in [1.82, 2.24) is 10.2 Å². The summed E-state index contributed by atoms with van der Waals surface area (Å²) in [6.45, 7) is 2.41. The second-order valence-electron chi connectivity index (χ2n) is 4.16. The maximum atomic E-state index is 4.67. The van der Waals surface area contributed by atoms with Crippen LogP contribution in [-0.2, 0) is 0 Å². The van der Waals surface area contributed by atoms with Gasteiger partial charge in [0.1, 0.15) is 0 Å². The third-order valence-corrected chi connectivity index (χ3v) is 3.29. The van der Waals surface area contributed by atoms with Crippen molar-refractivity contribution >= 4 is 0 Å². The van der Waals surface area contributed by atoms with Crippen molar-refractivity contribution in [1.29, 1.82) is 0 Å². The zero-order valence-corrected chi connectivity index (χ0v) is 8.00. The highest BCUT2D eigenvalue weighted by Crippen LogP contribution is 2.23. The van der Waals surface area contributed by atoms with Gasteiger partial charge in [0, 0.05) is 18.6 Å². The van der Waals surface area contributed by atoms with Gasteiger partial charge in [-0.05, 0) is 39.3 Å². The minimum Gasteiger partial charge on any atom is -0.302 e. The zero-order valence-electron chi connectivity index (χ0n) is 8.00. The summed E-state index contributed by atoms with van der Waals surface area (Å²) in [5, 5.41) is 4.67. The van der Waals surface area contributed by atoms with E-state index in [9.17, 15) is 0 Å². The summed E-state index contributed by atoms with van der Waals surface area (Å²) in [5.74, 6) is 0. The number of hydrogen-bond donors (Lipinski definition) is 0. The largest absolute Gasteiger partial charge is 0.302 e. The van der Waals surface area contributed by atoms with Gasteiger partial charge in [-0.2, -0.15) is 0 Å². The molecule has 69 valence electrons. The van der Waals surface area contributed by atoms with Crippen molar-refractivity contribution in [3.63, 3.8) is 0 Å². The summed E-state index contributed by atoms with van der Waals surface area (Å²) in [6, 6.07) is 1.46.